The Morgan fingerprint density at radius 2 is 1.60 bits per heavy atom. The summed E-state index contributed by atoms with van der Waals surface area (Å²) in [7, 11) is -1.76. The summed E-state index contributed by atoms with van der Waals surface area (Å²) in [6, 6.07) is 3.63. The van der Waals surface area contributed by atoms with E-state index in [4.69, 9.17) is 4.43 Å². The van der Waals surface area contributed by atoms with E-state index in [2.05, 4.69) is 33.9 Å². The maximum absolute atomic E-state index is 13.2. The van der Waals surface area contributed by atoms with Crippen LogP contribution in [0.5, 0.6) is 0 Å². The Bertz CT molecular complexity index is 473. The second kappa shape index (κ2) is 5.11. The van der Waals surface area contributed by atoms with Gasteiger partial charge in [0.2, 0.25) is 0 Å². The van der Waals surface area contributed by atoms with Crippen LogP contribution in [0.15, 0.2) is 18.2 Å². The summed E-state index contributed by atoms with van der Waals surface area (Å²) in [4.78, 5) is 1.95. The molecule has 1 aromatic carbocycles. The molecule has 2 nitrogen and oxygen atoms in total. The smallest absolute Gasteiger partial charge is 0.192 e. The largest absolute Gasteiger partial charge is 0.410 e. The highest BCUT2D eigenvalue weighted by molar-refractivity contribution is 6.74. The fourth-order valence-electron chi connectivity index (χ4n) is 2.04. The van der Waals surface area contributed by atoms with Crippen molar-refractivity contribution in [1.82, 2.24) is 0 Å². The third-order valence-corrected chi connectivity index (χ3v) is 8.86. The summed E-state index contributed by atoms with van der Waals surface area (Å²) in [5.41, 5.74) is 0.595. The molecule has 112 valence electrons. The molecule has 1 aliphatic rings. The normalized spacial score (nSPS) is 17.2. The molecule has 0 spiro atoms. The van der Waals surface area contributed by atoms with Crippen LogP contribution in [-0.2, 0) is 4.43 Å². The minimum absolute atomic E-state index is 0.169. The van der Waals surface area contributed by atoms with Crippen molar-refractivity contribution in [3.63, 3.8) is 0 Å². The maximum atomic E-state index is 13.2. The average Bonchev–Trinajstić information content (AvgIpc) is 2.19. The van der Waals surface area contributed by atoms with E-state index in [0.717, 1.165) is 6.07 Å². The van der Waals surface area contributed by atoms with Gasteiger partial charge in [0.05, 0.1) is 6.10 Å². The van der Waals surface area contributed by atoms with E-state index in [9.17, 15) is 8.78 Å². The van der Waals surface area contributed by atoms with Crippen LogP contribution in [0.2, 0.25) is 18.1 Å². The summed E-state index contributed by atoms with van der Waals surface area (Å²) < 4.78 is 32.6. The Morgan fingerprint density at radius 3 is 2.05 bits per heavy atom. The van der Waals surface area contributed by atoms with Gasteiger partial charge in [-0.05, 0) is 30.3 Å². The number of anilines is 1. The number of halogens is 2. The van der Waals surface area contributed by atoms with E-state index in [1.807, 2.05) is 4.90 Å². The van der Waals surface area contributed by atoms with Crippen molar-refractivity contribution in [1.29, 1.82) is 0 Å². The van der Waals surface area contributed by atoms with E-state index >= 15 is 0 Å². The molecular formula is C15H23F2NOSi. The molecule has 2 rings (SSSR count). The third-order valence-electron chi connectivity index (χ3n) is 4.33. The van der Waals surface area contributed by atoms with Crippen LogP contribution in [0, 0.1) is 11.6 Å². The van der Waals surface area contributed by atoms with Gasteiger partial charge in [-0.1, -0.05) is 20.8 Å². The Hall–Kier alpha value is -0.943. The van der Waals surface area contributed by atoms with Crippen molar-refractivity contribution >= 4 is 14.0 Å². The molecule has 0 atom stereocenters. The standard InChI is InChI=1S/C15H23F2NOSi/c1-15(2,3)20(4,5)19-14-9-18(10-14)13-7-11(16)6-12(17)8-13/h6-8,14H,9-10H2,1-5H3. The highest BCUT2D eigenvalue weighted by Gasteiger charge is 2.42. The molecule has 0 saturated carbocycles. The molecule has 0 bridgehead atoms. The Morgan fingerprint density at radius 1 is 1.10 bits per heavy atom. The fourth-order valence-corrected chi connectivity index (χ4v) is 3.37. The zero-order chi connectivity index (χ0) is 15.1. The first-order chi connectivity index (χ1) is 9.08. The summed E-state index contributed by atoms with van der Waals surface area (Å²) in [6.07, 6.45) is 0.169. The van der Waals surface area contributed by atoms with Gasteiger partial charge in [0, 0.05) is 24.8 Å². The van der Waals surface area contributed by atoms with Crippen molar-refractivity contribution in [2.75, 3.05) is 18.0 Å². The average molecular weight is 299 g/mol. The van der Waals surface area contributed by atoms with Crippen molar-refractivity contribution in [3.05, 3.63) is 29.8 Å². The number of hydrogen-bond acceptors (Lipinski definition) is 2. The lowest BCUT2D eigenvalue weighted by Crippen LogP contribution is -2.58. The molecule has 0 N–H and O–H groups in total. The molecule has 5 heteroatoms. The van der Waals surface area contributed by atoms with Gasteiger partial charge in [0.1, 0.15) is 11.6 Å². The Labute approximate surface area is 120 Å². The van der Waals surface area contributed by atoms with Gasteiger partial charge in [-0.2, -0.15) is 0 Å². The van der Waals surface area contributed by atoms with Crippen LogP contribution >= 0.6 is 0 Å². The van der Waals surface area contributed by atoms with Crippen LogP contribution in [0.25, 0.3) is 0 Å². The predicted molar refractivity (Wildman–Crippen MR) is 80.6 cm³/mol. The first-order valence-corrected chi connectivity index (χ1v) is 9.88. The molecule has 20 heavy (non-hydrogen) atoms. The van der Waals surface area contributed by atoms with Crippen molar-refractivity contribution in [3.8, 4) is 0 Å². The van der Waals surface area contributed by atoms with Crippen molar-refractivity contribution in [2.45, 2.75) is 45.0 Å². The summed E-state index contributed by atoms with van der Waals surface area (Å²) in [5, 5.41) is 0.179. The van der Waals surface area contributed by atoms with Gasteiger partial charge < -0.3 is 9.33 Å². The molecule has 1 saturated heterocycles. The first-order valence-electron chi connectivity index (χ1n) is 6.97. The molecule has 1 fully saturated rings. The predicted octanol–water partition coefficient (Wildman–Crippen LogP) is 4.18. The molecular weight excluding hydrogens is 276 g/mol. The SMILES string of the molecule is CC(C)(C)[Si](C)(C)OC1CN(c2cc(F)cc(F)c2)C1. The van der Waals surface area contributed by atoms with Crippen LogP contribution in [0.3, 0.4) is 0 Å². The lowest BCUT2D eigenvalue weighted by atomic mass is 10.1. The number of rotatable bonds is 3. The molecule has 0 radical (unpaired) electrons. The van der Waals surface area contributed by atoms with Gasteiger partial charge in [-0.25, -0.2) is 8.78 Å². The Kier molecular flexibility index (Phi) is 3.95. The van der Waals surface area contributed by atoms with Crippen molar-refractivity contribution in [2.24, 2.45) is 0 Å². The van der Waals surface area contributed by atoms with E-state index in [0.29, 0.717) is 18.8 Å². The van der Waals surface area contributed by atoms with Gasteiger partial charge in [-0.15, -0.1) is 0 Å². The lowest BCUT2D eigenvalue weighted by molar-refractivity contribution is 0.149. The van der Waals surface area contributed by atoms with Crippen molar-refractivity contribution < 1.29 is 13.2 Å². The minimum Gasteiger partial charge on any atom is -0.410 e. The molecule has 1 aliphatic heterocycles. The van der Waals surface area contributed by atoms with Gasteiger partial charge in [0.25, 0.3) is 0 Å². The topological polar surface area (TPSA) is 12.5 Å². The van der Waals surface area contributed by atoms with Gasteiger partial charge >= 0.3 is 0 Å². The van der Waals surface area contributed by atoms with Gasteiger partial charge in [-0.3, -0.25) is 0 Å². The minimum atomic E-state index is -1.76. The van der Waals surface area contributed by atoms with Crippen LogP contribution in [-0.4, -0.2) is 27.5 Å². The van der Waals surface area contributed by atoms with E-state index in [-0.39, 0.29) is 11.1 Å². The highest BCUT2D eigenvalue weighted by Crippen LogP contribution is 2.38. The van der Waals surface area contributed by atoms with E-state index in [1.54, 1.807) is 0 Å². The second-order valence-electron chi connectivity index (χ2n) is 7.03. The van der Waals surface area contributed by atoms with E-state index < -0.39 is 20.0 Å². The zero-order valence-electron chi connectivity index (χ0n) is 12.8. The molecule has 0 aromatic heterocycles. The molecule has 0 amide bonds. The first kappa shape index (κ1) is 15.4. The molecule has 1 heterocycles. The van der Waals surface area contributed by atoms with Crippen LogP contribution < -0.4 is 4.90 Å². The maximum Gasteiger partial charge on any atom is 0.192 e. The van der Waals surface area contributed by atoms with E-state index in [1.165, 1.54) is 12.1 Å². The number of nitrogens with zero attached hydrogens (tertiary/aromatic N) is 1. The molecule has 0 unspecified atom stereocenters. The number of hydrogen-bond donors (Lipinski definition) is 0. The highest BCUT2D eigenvalue weighted by atomic mass is 28.4. The summed E-state index contributed by atoms with van der Waals surface area (Å²) >= 11 is 0. The molecule has 0 aliphatic carbocycles. The third kappa shape index (κ3) is 3.20. The second-order valence-corrected chi connectivity index (χ2v) is 11.8. The lowest BCUT2D eigenvalue weighted by Gasteiger charge is -2.47. The monoisotopic (exact) mass is 299 g/mol. The number of benzene rings is 1. The quantitative estimate of drug-likeness (QED) is 0.777. The van der Waals surface area contributed by atoms with Crippen LogP contribution in [0.1, 0.15) is 20.8 Å². The zero-order valence-corrected chi connectivity index (χ0v) is 13.8. The summed E-state index contributed by atoms with van der Waals surface area (Å²) in [5.74, 6) is -1.07. The Balaban J connectivity index is 1.95. The molecule has 1 aromatic rings. The van der Waals surface area contributed by atoms with Crippen LogP contribution in [0.4, 0.5) is 14.5 Å². The summed E-state index contributed by atoms with van der Waals surface area (Å²) in [6.45, 7) is 12.5. The van der Waals surface area contributed by atoms with Gasteiger partial charge in [0.15, 0.2) is 8.32 Å². The fraction of sp³-hybridized carbons (Fsp3) is 0.600.